The average molecular weight is 514 g/mol. The summed E-state index contributed by atoms with van der Waals surface area (Å²) in [6.45, 7) is 12.9. The van der Waals surface area contributed by atoms with Crippen LogP contribution in [0.15, 0.2) is 29.2 Å². The minimum Gasteiger partial charge on any atom is -0.466 e. The maximum atomic E-state index is 13.0. The largest absolute Gasteiger partial charge is 0.466 e. The van der Waals surface area contributed by atoms with Gasteiger partial charge in [-0.05, 0) is 79.4 Å². The second kappa shape index (κ2) is 11.7. The Morgan fingerprint density at radius 2 is 1.83 bits per heavy atom. The molecule has 0 bridgehead atoms. The Balaban J connectivity index is 2.18. The number of amides is 1. The maximum Gasteiger partial charge on any atom is 0.412 e. The molecule has 2 atom stereocenters. The van der Waals surface area contributed by atoms with Crippen molar-refractivity contribution in [2.75, 3.05) is 19.8 Å². The molecule has 0 spiro atoms. The Kier molecular flexibility index (Phi) is 9.72. The molecular formula is C25H39NO8S. The standard InChI is InChI=1S/C25H39NO8S/c1-8-31-22(27)14-11-19(16-33-35(29,30)21-12-9-18(2)10-13-21)15-20-17-32-25(6,7)26(20)23(28)34-24(3,4)5/h9-10,12-13,19-20H,8,11,14-17H2,1-7H3/t19-,20+/m1/s1. The Bertz CT molecular complexity index is 966. The lowest BCUT2D eigenvalue weighted by Crippen LogP contribution is -2.50. The fraction of sp³-hybridized carbons (Fsp3) is 0.680. The lowest BCUT2D eigenvalue weighted by Gasteiger charge is -2.36. The van der Waals surface area contributed by atoms with E-state index < -0.39 is 27.5 Å². The van der Waals surface area contributed by atoms with Crippen molar-refractivity contribution in [2.45, 2.75) is 90.0 Å². The SMILES string of the molecule is CCOC(=O)CC[C@@H](COS(=O)(=O)c1ccc(C)cc1)C[C@H]1COC(C)(C)N1C(=O)OC(C)(C)C. The molecule has 0 aliphatic carbocycles. The molecule has 10 heteroatoms. The third-order valence-corrected chi connectivity index (χ3v) is 6.90. The summed E-state index contributed by atoms with van der Waals surface area (Å²) in [5, 5.41) is 0. The van der Waals surface area contributed by atoms with E-state index in [1.54, 1.807) is 58.6 Å². The van der Waals surface area contributed by atoms with Gasteiger partial charge in [0.25, 0.3) is 10.1 Å². The first kappa shape index (κ1) is 29.1. The summed E-state index contributed by atoms with van der Waals surface area (Å²) < 4.78 is 47.3. The van der Waals surface area contributed by atoms with E-state index in [0.29, 0.717) is 12.8 Å². The van der Waals surface area contributed by atoms with Gasteiger partial charge in [-0.2, -0.15) is 8.42 Å². The lowest BCUT2D eigenvalue weighted by atomic mass is 9.95. The molecule has 2 rings (SSSR count). The molecule has 1 aliphatic rings. The normalized spacial score (nSPS) is 18.8. The summed E-state index contributed by atoms with van der Waals surface area (Å²) in [4.78, 5) is 26.6. The van der Waals surface area contributed by atoms with E-state index in [2.05, 4.69) is 0 Å². The molecule has 1 heterocycles. The Morgan fingerprint density at radius 1 is 1.20 bits per heavy atom. The summed E-state index contributed by atoms with van der Waals surface area (Å²) in [6.07, 6.45) is 0.296. The summed E-state index contributed by atoms with van der Waals surface area (Å²) >= 11 is 0. The van der Waals surface area contributed by atoms with Gasteiger partial charge in [-0.3, -0.25) is 13.9 Å². The number of rotatable bonds is 10. The van der Waals surface area contributed by atoms with Crippen LogP contribution in [0.3, 0.4) is 0 Å². The van der Waals surface area contributed by atoms with E-state index in [9.17, 15) is 18.0 Å². The van der Waals surface area contributed by atoms with Crippen molar-refractivity contribution in [1.29, 1.82) is 0 Å². The zero-order valence-corrected chi connectivity index (χ0v) is 22.6. The minimum atomic E-state index is -3.98. The molecule has 0 aromatic heterocycles. The van der Waals surface area contributed by atoms with Crippen molar-refractivity contribution in [1.82, 2.24) is 4.90 Å². The third kappa shape index (κ3) is 8.77. The van der Waals surface area contributed by atoms with Crippen molar-refractivity contribution >= 4 is 22.2 Å². The van der Waals surface area contributed by atoms with Crippen LogP contribution in [-0.4, -0.2) is 62.6 Å². The summed E-state index contributed by atoms with van der Waals surface area (Å²) in [6, 6.07) is 6.01. The Morgan fingerprint density at radius 3 is 2.40 bits per heavy atom. The molecule has 1 saturated heterocycles. The maximum absolute atomic E-state index is 13.0. The Hall–Kier alpha value is -2.17. The van der Waals surface area contributed by atoms with Gasteiger partial charge in [-0.1, -0.05) is 17.7 Å². The highest BCUT2D eigenvalue weighted by Gasteiger charge is 2.46. The van der Waals surface area contributed by atoms with Crippen LogP contribution in [0.4, 0.5) is 4.79 Å². The molecule has 1 aromatic rings. The van der Waals surface area contributed by atoms with Gasteiger partial charge in [0.2, 0.25) is 0 Å². The predicted octanol–water partition coefficient (Wildman–Crippen LogP) is 4.42. The molecule has 0 unspecified atom stereocenters. The first-order valence-electron chi connectivity index (χ1n) is 11.9. The molecule has 0 N–H and O–H groups in total. The van der Waals surface area contributed by atoms with Crippen molar-refractivity contribution in [3.63, 3.8) is 0 Å². The molecule has 9 nitrogen and oxygen atoms in total. The van der Waals surface area contributed by atoms with Crippen LogP contribution in [0.5, 0.6) is 0 Å². The second-order valence-electron chi connectivity index (χ2n) is 10.3. The quantitative estimate of drug-likeness (QED) is 0.334. The van der Waals surface area contributed by atoms with Crippen LogP contribution < -0.4 is 0 Å². The van der Waals surface area contributed by atoms with E-state index in [0.717, 1.165) is 5.56 Å². The van der Waals surface area contributed by atoms with E-state index in [4.69, 9.17) is 18.4 Å². The van der Waals surface area contributed by atoms with Gasteiger partial charge >= 0.3 is 12.1 Å². The average Bonchev–Trinajstić information content (AvgIpc) is 3.03. The van der Waals surface area contributed by atoms with Crippen LogP contribution in [-0.2, 0) is 33.3 Å². The molecule has 0 radical (unpaired) electrons. The monoisotopic (exact) mass is 513 g/mol. The number of ether oxygens (including phenoxy) is 3. The van der Waals surface area contributed by atoms with Gasteiger partial charge in [0.1, 0.15) is 11.3 Å². The van der Waals surface area contributed by atoms with Crippen LogP contribution in [0, 0.1) is 12.8 Å². The van der Waals surface area contributed by atoms with Crippen molar-refractivity contribution in [2.24, 2.45) is 5.92 Å². The molecule has 1 aliphatic heterocycles. The minimum absolute atomic E-state index is 0.0629. The number of carbonyl (C=O) groups excluding carboxylic acids is 2. The Labute approximate surface area is 209 Å². The number of hydrogen-bond donors (Lipinski definition) is 0. The highest BCUT2D eigenvalue weighted by molar-refractivity contribution is 7.86. The van der Waals surface area contributed by atoms with E-state index in [1.807, 2.05) is 6.92 Å². The first-order chi connectivity index (χ1) is 16.1. The number of nitrogens with zero attached hydrogens (tertiary/aromatic N) is 1. The van der Waals surface area contributed by atoms with Gasteiger partial charge in [0.05, 0.1) is 30.8 Å². The second-order valence-corrected chi connectivity index (χ2v) is 11.9. The van der Waals surface area contributed by atoms with Gasteiger partial charge < -0.3 is 14.2 Å². The van der Waals surface area contributed by atoms with E-state index >= 15 is 0 Å². The molecule has 35 heavy (non-hydrogen) atoms. The fourth-order valence-corrected chi connectivity index (χ4v) is 4.88. The lowest BCUT2D eigenvalue weighted by molar-refractivity contribution is -0.143. The van der Waals surface area contributed by atoms with Crippen LogP contribution >= 0.6 is 0 Å². The van der Waals surface area contributed by atoms with Gasteiger partial charge in [-0.25, -0.2) is 4.79 Å². The highest BCUT2D eigenvalue weighted by Crippen LogP contribution is 2.33. The third-order valence-electron chi connectivity index (χ3n) is 5.60. The summed E-state index contributed by atoms with van der Waals surface area (Å²) in [7, 11) is -3.98. The molecule has 1 fully saturated rings. The van der Waals surface area contributed by atoms with Crippen molar-refractivity contribution in [3.8, 4) is 0 Å². The topological polar surface area (TPSA) is 108 Å². The fourth-order valence-electron chi connectivity index (χ4n) is 3.91. The van der Waals surface area contributed by atoms with Gasteiger partial charge in [0.15, 0.2) is 0 Å². The predicted molar refractivity (Wildman–Crippen MR) is 130 cm³/mol. The zero-order valence-electron chi connectivity index (χ0n) is 21.8. The number of hydrogen-bond acceptors (Lipinski definition) is 8. The number of esters is 1. The van der Waals surface area contributed by atoms with Crippen molar-refractivity contribution < 1.29 is 36.4 Å². The molecule has 0 saturated carbocycles. The number of carbonyl (C=O) groups is 2. The van der Waals surface area contributed by atoms with Crippen LogP contribution in [0.1, 0.15) is 66.4 Å². The summed E-state index contributed by atoms with van der Waals surface area (Å²) in [5.41, 5.74) is -0.648. The van der Waals surface area contributed by atoms with Crippen LogP contribution in [0.2, 0.25) is 0 Å². The zero-order chi connectivity index (χ0) is 26.4. The number of aryl methyl sites for hydroxylation is 1. The van der Waals surface area contributed by atoms with Gasteiger partial charge in [-0.15, -0.1) is 0 Å². The summed E-state index contributed by atoms with van der Waals surface area (Å²) in [5.74, 6) is -0.724. The van der Waals surface area contributed by atoms with Crippen LogP contribution in [0.25, 0.3) is 0 Å². The molecule has 198 valence electrons. The van der Waals surface area contributed by atoms with E-state index in [1.165, 1.54) is 12.1 Å². The van der Waals surface area contributed by atoms with Gasteiger partial charge in [0, 0.05) is 6.42 Å². The molecule has 1 amide bonds. The molecular weight excluding hydrogens is 474 g/mol. The van der Waals surface area contributed by atoms with E-state index in [-0.39, 0.29) is 49.1 Å². The van der Waals surface area contributed by atoms with Crippen molar-refractivity contribution in [3.05, 3.63) is 29.8 Å². The highest BCUT2D eigenvalue weighted by atomic mass is 32.2. The molecule has 1 aromatic carbocycles. The smallest absolute Gasteiger partial charge is 0.412 e. The number of benzene rings is 1. The first-order valence-corrected chi connectivity index (χ1v) is 13.3.